The minimum absolute atomic E-state index is 0.101. The van der Waals surface area contributed by atoms with Gasteiger partial charge in [-0.25, -0.2) is 10.2 Å². The lowest BCUT2D eigenvalue weighted by atomic mass is 9.65. The molecule has 0 aromatic rings. The molecule has 114 valence electrons. The van der Waals surface area contributed by atoms with Crippen molar-refractivity contribution in [3.8, 4) is 0 Å². The maximum atomic E-state index is 12.3. The van der Waals surface area contributed by atoms with E-state index >= 15 is 0 Å². The highest BCUT2D eigenvalue weighted by Gasteiger charge is 2.57. The van der Waals surface area contributed by atoms with Gasteiger partial charge in [-0.3, -0.25) is 4.79 Å². The van der Waals surface area contributed by atoms with Gasteiger partial charge in [-0.15, -0.1) is 0 Å². The fourth-order valence-corrected chi connectivity index (χ4v) is 3.11. The van der Waals surface area contributed by atoms with Crippen LogP contribution in [0.15, 0.2) is 5.10 Å². The molecule has 6 heteroatoms. The Balaban J connectivity index is 2.97. The number of nitrogens with two attached hydrogens (primary N) is 1. The Morgan fingerprint density at radius 1 is 1.40 bits per heavy atom. The Morgan fingerprint density at radius 2 is 2.00 bits per heavy atom. The van der Waals surface area contributed by atoms with Crippen molar-refractivity contribution in [2.75, 3.05) is 6.61 Å². The molecule has 0 bridgehead atoms. The first-order valence-corrected chi connectivity index (χ1v) is 6.93. The van der Waals surface area contributed by atoms with Crippen molar-refractivity contribution in [1.29, 1.82) is 0 Å². The molecule has 1 aliphatic rings. The van der Waals surface area contributed by atoms with E-state index in [-0.39, 0.29) is 17.3 Å². The number of carbonyl (C=O) groups is 2. The molecule has 0 heterocycles. The third-order valence-electron chi connectivity index (χ3n) is 4.80. The number of carbonyl (C=O) groups excluding carboxylic acids is 2. The average molecular weight is 283 g/mol. The normalized spacial score (nSPS) is 29.1. The van der Waals surface area contributed by atoms with Crippen molar-refractivity contribution in [3.63, 3.8) is 0 Å². The van der Waals surface area contributed by atoms with Crippen molar-refractivity contribution in [2.45, 2.75) is 47.5 Å². The standard InChI is InChI=1S/C14H25N3O3/c1-6-20-11(18)14(5)8-7-10(13(14,3)4)9(2)16-17-12(15)19/h10H,6-8H2,1-5H3,(H3,15,17,19)/b16-9+/t10-,14+/m0/s1. The second-order valence-corrected chi connectivity index (χ2v) is 6.09. The van der Waals surface area contributed by atoms with Gasteiger partial charge in [0, 0.05) is 11.6 Å². The van der Waals surface area contributed by atoms with Crippen LogP contribution in [0.2, 0.25) is 0 Å². The summed E-state index contributed by atoms with van der Waals surface area (Å²) in [7, 11) is 0. The summed E-state index contributed by atoms with van der Waals surface area (Å²) in [6, 6.07) is -0.687. The first-order chi connectivity index (χ1) is 9.16. The van der Waals surface area contributed by atoms with Gasteiger partial charge in [-0.1, -0.05) is 13.8 Å². The predicted molar refractivity (Wildman–Crippen MR) is 77.1 cm³/mol. The lowest BCUT2D eigenvalue weighted by Crippen LogP contribution is -2.43. The molecule has 2 amide bonds. The predicted octanol–water partition coefficient (Wildman–Crippen LogP) is 2.04. The van der Waals surface area contributed by atoms with Crippen molar-refractivity contribution >= 4 is 17.7 Å². The molecule has 1 rings (SSSR count). The highest BCUT2D eigenvalue weighted by Crippen LogP contribution is 2.56. The Kier molecular flexibility index (Phi) is 4.78. The van der Waals surface area contributed by atoms with E-state index in [1.807, 2.05) is 34.6 Å². The number of ether oxygens (including phenoxy) is 1. The molecular formula is C14H25N3O3. The molecule has 1 saturated carbocycles. The number of nitrogens with zero attached hydrogens (tertiary/aromatic N) is 1. The molecule has 0 spiro atoms. The fourth-order valence-electron chi connectivity index (χ4n) is 3.11. The molecule has 6 nitrogen and oxygen atoms in total. The van der Waals surface area contributed by atoms with Crippen molar-refractivity contribution in [2.24, 2.45) is 27.6 Å². The molecule has 2 atom stereocenters. The summed E-state index contributed by atoms with van der Waals surface area (Å²) >= 11 is 0. The van der Waals surface area contributed by atoms with Gasteiger partial charge < -0.3 is 10.5 Å². The number of esters is 1. The Bertz CT molecular complexity index is 431. The van der Waals surface area contributed by atoms with Gasteiger partial charge >= 0.3 is 12.0 Å². The maximum Gasteiger partial charge on any atom is 0.332 e. The first-order valence-electron chi connectivity index (χ1n) is 6.93. The van der Waals surface area contributed by atoms with Crippen molar-refractivity contribution < 1.29 is 14.3 Å². The van der Waals surface area contributed by atoms with Gasteiger partial charge in [-0.05, 0) is 39.0 Å². The monoisotopic (exact) mass is 283 g/mol. The minimum atomic E-state index is -0.687. The van der Waals surface area contributed by atoms with E-state index in [9.17, 15) is 9.59 Å². The van der Waals surface area contributed by atoms with E-state index in [4.69, 9.17) is 10.5 Å². The molecule has 3 N–H and O–H groups in total. The molecule has 0 radical (unpaired) electrons. The number of rotatable bonds is 4. The minimum Gasteiger partial charge on any atom is -0.466 e. The number of primary amides is 1. The SMILES string of the molecule is CCOC(=O)[C@@]1(C)CC[C@@H](/C(C)=N/NC(N)=O)C1(C)C. The molecule has 0 unspecified atom stereocenters. The van der Waals surface area contributed by atoms with Gasteiger partial charge in [0.15, 0.2) is 0 Å². The summed E-state index contributed by atoms with van der Waals surface area (Å²) in [4.78, 5) is 23.0. The van der Waals surface area contributed by atoms with Crippen molar-refractivity contribution in [1.82, 2.24) is 5.43 Å². The van der Waals surface area contributed by atoms with E-state index < -0.39 is 11.4 Å². The van der Waals surface area contributed by atoms with Crippen LogP contribution in [-0.2, 0) is 9.53 Å². The summed E-state index contributed by atoms with van der Waals surface area (Å²) in [5, 5.41) is 4.01. The van der Waals surface area contributed by atoms with Crippen LogP contribution < -0.4 is 11.2 Å². The van der Waals surface area contributed by atoms with Crippen molar-refractivity contribution in [3.05, 3.63) is 0 Å². The molecule has 1 fully saturated rings. The zero-order valence-corrected chi connectivity index (χ0v) is 12.9. The Morgan fingerprint density at radius 3 is 2.50 bits per heavy atom. The quantitative estimate of drug-likeness (QED) is 0.469. The summed E-state index contributed by atoms with van der Waals surface area (Å²) in [5.41, 5.74) is 7.20. The molecule has 20 heavy (non-hydrogen) atoms. The average Bonchev–Trinajstić information content (AvgIpc) is 2.59. The summed E-state index contributed by atoms with van der Waals surface area (Å²) in [6.45, 7) is 10.1. The van der Waals surface area contributed by atoms with Gasteiger partial charge in [0.2, 0.25) is 0 Å². The van der Waals surface area contributed by atoms with E-state index in [1.54, 1.807) is 0 Å². The number of nitrogens with one attached hydrogen (secondary N) is 1. The number of hydrazone groups is 1. The Hall–Kier alpha value is -1.59. The van der Waals surface area contributed by atoms with Crippen LogP contribution in [0.5, 0.6) is 0 Å². The van der Waals surface area contributed by atoms with Crippen LogP contribution in [0.1, 0.15) is 47.5 Å². The molecule has 0 aromatic heterocycles. The van der Waals surface area contributed by atoms with E-state index in [0.717, 1.165) is 18.6 Å². The van der Waals surface area contributed by atoms with E-state index in [2.05, 4.69) is 10.5 Å². The van der Waals surface area contributed by atoms with E-state index in [0.29, 0.717) is 6.61 Å². The second-order valence-electron chi connectivity index (χ2n) is 6.09. The highest BCUT2D eigenvalue weighted by molar-refractivity contribution is 5.89. The zero-order valence-electron chi connectivity index (χ0n) is 12.9. The van der Waals surface area contributed by atoms with Crippen LogP contribution in [0.25, 0.3) is 0 Å². The topological polar surface area (TPSA) is 93.8 Å². The molecule has 0 aromatic carbocycles. The number of amides is 2. The van der Waals surface area contributed by atoms with Crippen LogP contribution in [0, 0.1) is 16.7 Å². The lowest BCUT2D eigenvalue weighted by molar-refractivity contribution is -0.160. The van der Waals surface area contributed by atoms with Crippen LogP contribution in [0.3, 0.4) is 0 Å². The number of urea groups is 1. The highest BCUT2D eigenvalue weighted by atomic mass is 16.5. The fraction of sp³-hybridized carbons (Fsp3) is 0.786. The first kappa shape index (κ1) is 16.5. The second kappa shape index (κ2) is 5.81. The van der Waals surface area contributed by atoms with Gasteiger partial charge in [-0.2, -0.15) is 5.10 Å². The van der Waals surface area contributed by atoms with Gasteiger partial charge in [0.05, 0.1) is 12.0 Å². The molecule has 0 saturated heterocycles. The molecule has 1 aliphatic carbocycles. The van der Waals surface area contributed by atoms with Crippen LogP contribution in [-0.4, -0.2) is 24.3 Å². The molecular weight excluding hydrogens is 258 g/mol. The zero-order chi connectivity index (χ0) is 15.6. The smallest absolute Gasteiger partial charge is 0.332 e. The lowest BCUT2D eigenvalue weighted by Gasteiger charge is -2.39. The van der Waals surface area contributed by atoms with E-state index in [1.165, 1.54) is 0 Å². The molecule has 0 aliphatic heterocycles. The van der Waals surface area contributed by atoms with Crippen LogP contribution >= 0.6 is 0 Å². The third-order valence-corrected chi connectivity index (χ3v) is 4.80. The van der Waals surface area contributed by atoms with Crippen LogP contribution in [0.4, 0.5) is 4.79 Å². The largest absolute Gasteiger partial charge is 0.466 e. The summed E-state index contributed by atoms with van der Waals surface area (Å²) in [5.74, 6) is -0.0630. The number of hydrogen-bond acceptors (Lipinski definition) is 4. The summed E-state index contributed by atoms with van der Waals surface area (Å²) < 4.78 is 5.22. The van der Waals surface area contributed by atoms with Gasteiger partial charge in [0.1, 0.15) is 0 Å². The van der Waals surface area contributed by atoms with Gasteiger partial charge in [0.25, 0.3) is 0 Å². The third kappa shape index (κ3) is 2.78. The maximum absolute atomic E-state index is 12.3. The Labute approximate surface area is 120 Å². The number of hydrogen-bond donors (Lipinski definition) is 2. The summed E-state index contributed by atoms with van der Waals surface area (Å²) in [6.07, 6.45) is 1.57.